The lowest BCUT2D eigenvalue weighted by atomic mass is 10.0. The number of rotatable bonds is 5. The Morgan fingerprint density at radius 1 is 1.05 bits per heavy atom. The van der Waals surface area contributed by atoms with E-state index in [0.717, 1.165) is 16.7 Å². The molecule has 3 heteroatoms. The number of nitrogens with two attached hydrogens (primary N) is 1. The summed E-state index contributed by atoms with van der Waals surface area (Å²) in [5, 5.41) is 2.96. The van der Waals surface area contributed by atoms with E-state index in [1.165, 1.54) is 0 Å². The van der Waals surface area contributed by atoms with Gasteiger partial charge < -0.3 is 11.1 Å². The Hall–Kier alpha value is -2.13. The predicted molar refractivity (Wildman–Crippen MR) is 81.0 cm³/mol. The van der Waals surface area contributed by atoms with Gasteiger partial charge in [-0.1, -0.05) is 54.6 Å². The van der Waals surface area contributed by atoms with Crippen LogP contribution in [0, 0.1) is 0 Å². The molecule has 104 valence electrons. The van der Waals surface area contributed by atoms with Crippen molar-refractivity contribution in [2.75, 3.05) is 0 Å². The minimum Gasteiger partial charge on any atom is -0.352 e. The van der Waals surface area contributed by atoms with Gasteiger partial charge in [0.05, 0.1) is 5.92 Å². The Labute approximate surface area is 119 Å². The van der Waals surface area contributed by atoms with Crippen LogP contribution in [0.25, 0.3) is 0 Å². The highest BCUT2D eigenvalue weighted by Crippen LogP contribution is 2.14. The predicted octanol–water partition coefficient (Wildman–Crippen LogP) is 2.57. The van der Waals surface area contributed by atoms with Crippen molar-refractivity contribution in [3.05, 3.63) is 71.3 Å². The molecule has 0 aliphatic rings. The van der Waals surface area contributed by atoms with Crippen LogP contribution in [0.5, 0.6) is 0 Å². The minimum atomic E-state index is -0.139. The van der Waals surface area contributed by atoms with Crippen LogP contribution in [0.4, 0.5) is 0 Å². The summed E-state index contributed by atoms with van der Waals surface area (Å²) in [6.45, 7) is 3.00. The van der Waals surface area contributed by atoms with Crippen molar-refractivity contribution in [2.45, 2.75) is 25.9 Å². The standard InChI is InChI=1S/C17H20N2O/c1-13(16-5-3-2-4-6-16)17(20)19-12-15-9-7-14(11-18)8-10-15/h2-10,13H,11-12,18H2,1H3,(H,19,20). The summed E-state index contributed by atoms with van der Waals surface area (Å²) < 4.78 is 0. The van der Waals surface area contributed by atoms with Crippen molar-refractivity contribution in [1.29, 1.82) is 0 Å². The van der Waals surface area contributed by atoms with Gasteiger partial charge in [0.2, 0.25) is 5.91 Å². The molecule has 1 atom stereocenters. The number of amides is 1. The fraction of sp³-hybridized carbons (Fsp3) is 0.235. The highest BCUT2D eigenvalue weighted by Gasteiger charge is 2.14. The first kappa shape index (κ1) is 14.3. The van der Waals surface area contributed by atoms with E-state index >= 15 is 0 Å². The maximum absolute atomic E-state index is 12.1. The van der Waals surface area contributed by atoms with E-state index in [-0.39, 0.29) is 11.8 Å². The molecular formula is C17H20N2O. The van der Waals surface area contributed by atoms with Gasteiger partial charge in [-0.25, -0.2) is 0 Å². The van der Waals surface area contributed by atoms with Crippen LogP contribution < -0.4 is 11.1 Å². The quantitative estimate of drug-likeness (QED) is 0.875. The van der Waals surface area contributed by atoms with Crippen molar-refractivity contribution >= 4 is 5.91 Å². The van der Waals surface area contributed by atoms with Crippen LogP contribution >= 0.6 is 0 Å². The molecule has 1 unspecified atom stereocenters. The maximum Gasteiger partial charge on any atom is 0.227 e. The van der Waals surface area contributed by atoms with Crippen LogP contribution in [0.3, 0.4) is 0 Å². The van der Waals surface area contributed by atoms with E-state index in [2.05, 4.69) is 5.32 Å². The Kier molecular flexibility index (Phi) is 4.91. The molecule has 3 nitrogen and oxygen atoms in total. The zero-order chi connectivity index (χ0) is 14.4. The molecular weight excluding hydrogens is 248 g/mol. The molecule has 20 heavy (non-hydrogen) atoms. The molecule has 0 bridgehead atoms. The molecule has 0 aliphatic heterocycles. The van der Waals surface area contributed by atoms with Gasteiger partial charge in [-0.2, -0.15) is 0 Å². The van der Waals surface area contributed by atoms with Crippen molar-refractivity contribution in [3.8, 4) is 0 Å². The molecule has 0 radical (unpaired) electrons. The van der Waals surface area contributed by atoms with Gasteiger partial charge in [0.1, 0.15) is 0 Å². The van der Waals surface area contributed by atoms with Crippen molar-refractivity contribution in [1.82, 2.24) is 5.32 Å². The van der Waals surface area contributed by atoms with E-state index in [9.17, 15) is 4.79 Å². The molecule has 0 spiro atoms. The third kappa shape index (κ3) is 3.68. The summed E-state index contributed by atoms with van der Waals surface area (Å²) in [5.74, 6) is -0.0985. The highest BCUT2D eigenvalue weighted by atomic mass is 16.1. The van der Waals surface area contributed by atoms with E-state index in [0.29, 0.717) is 13.1 Å². The Morgan fingerprint density at radius 3 is 2.25 bits per heavy atom. The van der Waals surface area contributed by atoms with Gasteiger partial charge in [-0.15, -0.1) is 0 Å². The number of benzene rings is 2. The minimum absolute atomic E-state index is 0.0408. The highest BCUT2D eigenvalue weighted by molar-refractivity contribution is 5.83. The van der Waals surface area contributed by atoms with Gasteiger partial charge in [-0.3, -0.25) is 4.79 Å². The third-order valence-electron chi connectivity index (χ3n) is 3.42. The summed E-state index contributed by atoms with van der Waals surface area (Å²) >= 11 is 0. The number of hydrogen-bond acceptors (Lipinski definition) is 2. The molecule has 3 N–H and O–H groups in total. The second-order valence-corrected chi connectivity index (χ2v) is 4.87. The number of carbonyl (C=O) groups excluding carboxylic acids is 1. The fourth-order valence-electron chi connectivity index (χ4n) is 2.03. The SMILES string of the molecule is CC(C(=O)NCc1ccc(CN)cc1)c1ccccc1. The number of hydrogen-bond donors (Lipinski definition) is 2. The zero-order valence-electron chi connectivity index (χ0n) is 11.7. The first-order chi connectivity index (χ1) is 9.70. The molecule has 0 saturated carbocycles. The largest absolute Gasteiger partial charge is 0.352 e. The van der Waals surface area contributed by atoms with Crippen LogP contribution in [-0.4, -0.2) is 5.91 Å². The number of nitrogens with one attached hydrogen (secondary N) is 1. The smallest absolute Gasteiger partial charge is 0.227 e. The number of carbonyl (C=O) groups is 1. The summed E-state index contributed by atoms with van der Waals surface area (Å²) in [6.07, 6.45) is 0. The van der Waals surface area contributed by atoms with Crippen LogP contribution in [0.15, 0.2) is 54.6 Å². The van der Waals surface area contributed by atoms with Gasteiger partial charge in [0, 0.05) is 13.1 Å². The van der Waals surface area contributed by atoms with Crippen LogP contribution in [-0.2, 0) is 17.9 Å². The lowest BCUT2D eigenvalue weighted by Crippen LogP contribution is -2.27. The monoisotopic (exact) mass is 268 g/mol. The van der Waals surface area contributed by atoms with E-state index < -0.39 is 0 Å². The molecule has 0 aliphatic carbocycles. The van der Waals surface area contributed by atoms with Gasteiger partial charge in [0.15, 0.2) is 0 Å². The second kappa shape index (κ2) is 6.87. The molecule has 2 aromatic carbocycles. The molecule has 0 aromatic heterocycles. The molecule has 2 rings (SSSR count). The van der Waals surface area contributed by atoms with Crippen molar-refractivity contribution in [2.24, 2.45) is 5.73 Å². The van der Waals surface area contributed by atoms with Gasteiger partial charge in [0.25, 0.3) is 0 Å². The Balaban J connectivity index is 1.91. The molecule has 0 saturated heterocycles. The zero-order valence-corrected chi connectivity index (χ0v) is 11.7. The van der Waals surface area contributed by atoms with Crippen LogP contribution in [0.1, 0.15) is 29.5 Å². The fourth-order valence-corrected chi connectivity index (χ4v) is 2.03. The summed E-state index contributed by atoms with van der Waals surface area (Å²) in [6, 6.07) is 17.8. The molecule has 0 fully saturated rings. The maximum atomic E-state index is 12.1. The van der Waals surface area contributed by atoms with E-state index in [4.69, 9.17) is 5.73 Å². The molecule has 0 heterocycles. The first-order valence-electron chi connectivity index (χ1n) is 6.81. The summed E-state index contributed by atoms with van der Waals surface area (Å²) in [5.41, 5.74) is 8.76. The van der Waals surface area contributed by atoms with Crippen LogP contribution in [0.2, 0.25) is 0 Å². The second-order valence-electron chi connectivity index (χ2n) is 4.87. The Morgan fingerprint density at radius 2 is 1.65 bits per heavy atom. The lowest BCUT2D eigenvalue weighted by Gasteiger charge is -2.12. The van der Waals surface area contributed by atoms with Crippen molar-refractivity contribution < 1.29 is 4.79 Å². The molecule has 2 aromatic rings. The summed E-state index contributed by atoms with van der Waals surface area (Å²) in [7, 11) is 0. The molecule has 1 amide bonds. The third-order valence-corrected chi connectivity index (χ3v) is 3.42. The summed E-state index contributed by atoms with van der Waals surface area (Å²) in [4.78, 5) is 12.1. The van der Waals surface area contributed by atoms with E-state index in [1.807, 2.05) is 61.5 Å². The average Bonchev–Trinajstić information content (AvgIpc) is 2.53. The van der Waals surface area contributed by atoms with Gasteiger partial charge in [-0.05, 0) is 23.6 Å². The first-order valence-corrected chi connectivity index (χ1v) is 6.81. The topological polar surface area (TPSA) is 55.1 Å². The van der Waals surface area contributed by atoms with E-state index in [1.54, 1.807) is 0 Å². The van der Waals surface area contributed by atoms with Gasteiger partial charge >= 0.3 is 0 Å². The Bertz CT molecular complexity index is 549. The normalized spacial score (nSPS) is 11.9. The average molecular weight is 268 g/mol. The lowest BCUT2D eigenvalue weighted by molar-refractivity contribution is -0.122. The van der Waals surface area contributed by atoms with Crippen molar-refractivity contribution in [3.63, 3.8) is 0 Å².